The molecule has 35 heavy (non-hydrogen) atoms. The molecule has 2 aliphatic rings. The van der Waals surface area contributed by atoms with Crippen LogP contribution in [0.4, 0.5) is 5.69 Å². The molecule has 0 spiro atoms. The predicted octanol–water partition coefficient (Wildman–Crippen LogP) is 1.29. The quantitative estimate of drug-likeness (QED) is 0.358. The van der Waals surface area contributed by atoms with Gasteiger partial charge in [-0.3, -0.25) is 9.59 Å². The van der Waals surface area contributed by atoms with Crippen molar-refractivity contribution in [1.82, 2.24) is 20.3 Å². The lowest BCUT2D eigenvalue weighted by Crippen LogP contribution is -2.26. The number of aromatic carboxylic acids is 1. The highest BCUT2D eigenvalue weighted by atomic mass is 16.5. The fraction of sp³-hybridized carbons (Fsp3) is 0.348. The molecular weight excluding hydrogens is 456 g/mol. The Morgan fingerprint density at radius 2 is 2.03 bits per heavy atom. The van der Waals surface area contributed by atoms with Gasteiger partial charge in [0.25, 0.3) is 11.8 Å². The van der Waals surface area contributed by atoms with Gasteiger partial charge in [-0.05, 0) is 43.0 Å². The fourth-order valence-electron chi connectivity index (χ4n) is 3.76. The van der Waals surface area contributed by atoms with Crippen LogP contribution in [0.3, 0.4) is 0 Å². The molecule has 2 amide bonds. The van der Waals surface area contributed by atoms with Crippen molar-refractivity contribution in [1.29, 1.82) is 0 Å². The third kappa shape index (κ3) is 5.73. The van der Waals surface area contributed by atoms with Gasteiger partial charge in [-0.2, -0.15) is 0 Å². The third-order valence-corrected chi connectivity index (χ3v) is 5.71. The zero-order valence-corrected chi connectivity index (χ0v) is 18.9. The minimum absolute atomic E-state index is 0.0265. The average molecular weight is 482 g/mol. The number of benzene rings is 1. The van der Waals surface area contributed by atoms with E-state index in [1.807, 2.05) is 0 Å². The summed E-state index contributed by atoms with van der Waals surface area (Å²) >= 11 is 0. The van der Waals surface area contributed by atoms with Gasteiger partial charge in [0.2, 0.25) is 0 Å². The summed E-state index contributed by atoms with van der Waals surface area (Å²) in [5, 5.41) is 14.6. The lowest BCUT2D eigenvalue weighted by molar-refractivity contribution is -0.118. The van der Waals surface area contributed by atoms with Gasteiger partial charge in [-0.15, -0.1) is 0 Å². The average Bonchev–Trinajstić information content (AvgIpc) is 3.32. The number of nitrogens with two attached hydrogens (primary N) is 1. The molecule has 5 rings (SSSR count). The Morgan fingerprint density at radius 3 is 2.74 bits per heavy atom. The summed E-state index contributed by atoms with van der Waals surface area (Å²) in [4.78, 5) is 45.7. The third-order valence-electron chi connectivity index (χ3n) is 5.71. The Morgan fingerprint density at radius 1 is 1.23 bits per heavy atom. The molecule has 1 fully saturated rings. The number of aromatic amines is 1. The molecule has 12 nitrogen and oxygen atoms in total. The van der Waals surface area contributed by atoms with E-state index in [0.29, 0.717) is 11.4 Å². The van der Waals surface area contributed by atoms with Crippen LogP contribution in [0.1, 0.15) is 39.3 Å². The van der Waals surface area contributed by atoms with E-state index in [0.717, 1.165) is 50.4 Å². The number of carboxylic acids is 1. The second kappa shape index (κ2) is 10.9. The van der Waals surface area contributed by atoms with Crippen molar-refractivity contribution in [2.45, 2.75) is 19.4 Å². The SMILES string of the molecule is NCC1CCOCC1.O=C1COc2ccc(CNC(=O)c3ncnc4c(C(=O)O)c[nH]c34)cc2N1. The smallest absolute Gasteiger partial charge is 0.339 e. The largest absolute Gasteiger partial charge is 0.482 e. The molecule has 184 valence electrons. The first-order valence-electron chi connectivity index (χ1n) is 11.1. The Bertz CT molecular complexity index is 1240. The van der Waals surface area contributed by atoms with Crippen molar-refractivity contribution in [3.8, 4) is 5.75 Å². The summed E-state index contributed by atoms with van der Waals surface area (Å²) in [5.74, 6) is -0.574. The fourth-order valence-corrected chi connectivity index (χ4v) is 3.76. The van der Waals surface area contributed by atoms with Crippen molar-refractivity contribution in [2.24, 2.45) is 11.7 Å². The Balaban J connectivity index is 0.000000308. The number of hydrogen-bond acceptors (Lipinski definition) is 8. The van der Waals surface area contributed by atoms with Crippen molar-refractivity contribution in [3.63, 3.8) is 0 Å². The number of anilines is 1. The van der Waals surface area contributed by atoms with Crippen LogP contribution in [0.15, 0.2) is 30.7 Å². The van der Waals surface area contributed by atoms with E-state index < -0.39 is 11.9 Å². The predicted molar refractivity (Wildman–Crippen MR) is 125 cm³/mol. The molecule has 2 aromatic heterocycles. The molecule has 1 aromatic carbocycles. The summed E-state index contributed by atoms with van der Waals surface area (Å²) in [6.45, 7) is 2.83. The standard InChI is InChI=1S/C17H13N5O5.C6H13NO/c23-12-6-27-11-2-1-8(3-10(11)22-12)4-19-16(24)15-14-13(20-7-21-15)9(5-18-14)17(25)26;7-5-6-1-3-8-4-2-6/h1-3,5,7,18H,4,6H2,(H,19,24)(H,22,23)(H,25,26);6H,1-5,7H2. The van der Waals surface area contributed by atoms with Gasteiger partial charge < -0.3 is 35.9 Å². The van der Waals surface area contributed by atoms with Crippen LogP contribution >= 0.6 is 0 Å². The van der Waals surface area contributed by atoms with Gasteiger partial charge >= 0.3 is 5.97 Å². The maximum Gasteiger partial charge on any atom is 0.339 e. The number of H-pyrrole nitrogens is 1. The number of amides is 2. The number of carbonyl (C=O) groups is 3. The van der Waals surface area contributed by atoms with Gasteiger partial charge in [0, 0.05) is 26.0 Å². The van der Waals surface area contributed by atoms with Crippen LogP contribution in [-0.2, 0) is 16.1 Å². The number of nitrogens with zero attached hydrogens (tertiary/aromatic N) is 2. The summed E-state index contributed by atoms with van der Waals surface area (Å²) in [6, 6.07) is 5.19. The Kier molecular flexibility index (Phi) is 7.53. The highest BCUT2D eigenvalue weighted by molar-refractivity contribution is 6.08. The van der Waals surface area contributed by atoms with E-state index in [1.54, 1.807) is 18.2 Å². The molecule has 0 saturated carbocycles. The molecule has 4 heterocycles. The summed E-state index contributed by atoms with van der Waals surface area (Å²) < 4.78 is 10.4. The normalized spacial score (nSPS) is 15.3. The second-order valence-electron chi connectivity index (χ2n) is 8.09. The maximum atomic E-state index is 12.5. The molecule has 6 N–H and O–H groups in total. The van der Waals surface area contributed by atoms with Gasteiger partial charge in [0.1, 0.15) is 23.2 Å². The van der Waals surface area contributed by atoms with Crippen LogP contribution in [-0.4, -0.2) is 64.2 Å². The minimum Gasteiger partial charge on any atom is -0.482 e. The zero-order valence-electron chi connectivity index (χ0n) is 18.9. The van der Waals surface area contributed by atoms with Crippen LogP contribution in [0.5, 0.6) is 5.75 Å². The first-order valence-corrected chi connectivity index (χ1v) is 11.1. The number of ether oxygens (including phenoxy) is 2. The zero-order chi connectivity index (χ0) is 24.8. The van der Waals surface area contributed by atoms with Crippen LogP contribution in [0, 0.1) is 5.92 Å². The van der Waals surface area contributed by atoms with E-state index in [4.69, 9.17) is 20.3 Å². The van der Waals surface area contributed by atoms with Crippen molar-refractivity contribution < 1.29 is 29.0 Å². The molecule has 0 unspecified atom stereocenters. The monoisotopic (exact) mass is 482 g/mol. The number of carbonyl (C=O) groups excluding carboxylic acids is 2. The van der Waals surface area contributed by atoms with Crippen LogP contribution in [0.25, 0.3) is 11.0 Å². The van der Waals surface area contributed by atoms with Crippen molar-refractivity contribution >= 4 is 34.5 Å². The topological polar surface area (TPSA) is 182 Å². The first kappa shape index (κ1) is 24.1. The van der Waals surface area contributed by atoms with Crippen LogP contribution < -0.4 is 21.1 Å². The summed E-state index contributed by atoms with van der Waals surface area (Å²) in [6.07, 6.45) is 4.74. The number of rotatable bonds is 5. The van der Waals surface area contributed by atoms with Gasteiger partial charge in [0.15, 0.2) is 12.3 Å². The molecule has 1 saturated heterocycles. The first-order chi connectivity index (χ1) is 17.0. The minimum atomic E-state index is -1.15. The van der Waals surface area contributed by atoms with E-state index in [-0.39, 0.29) is 41.3 Å². The molecule has 0 atom stereocenters. The van der Waals surface area contributed by atoms with Gasteiger partial charge in [-0.1, -0.05) is 6.07 Å². The molecule has 12 heteroatoms. The maximum absolute atomic E-state index is 12.5. The number of fused-ring (bicyclic) bond motifs is 2. The van der Waals surface area contributed by atoms with Crippen molar-refractivity contribution in [3.05, 3.63) is 47.5 Å². The number of hydrogen-bond donors (Lipinski definition) is 5. The molecular formula is C23H26N6O6. The number of aromatic nitrogens is 3. The molecule has 0 bridgehead atoms. The summed E-state index contributed by atoms with van der Waals surface area (Å²) in [5.41, 5.74) is 7.15. The van der Waals surface area contributed by atoms with Crippen molar-refractivity contribution in [2.75, 3.05) is 31.7 Å². The molecule has 0 aliphatic carbocycles. The molecule has 3 aromatic rings. The van der Waals surface area contributed by atoms with Gasteiger partial charge in [0.05, 0.1) is 11.2 Å². The molecule has 0 radical (unpaired) electrons. The molecule has 2 aliphatic heterocycles. The highest BCUT2D eigenvalue weighted by Crippen LogP contribution is 2.28. The van der Waals surface area contributed by atoms with E-state index >= 15 is 0 Å². The second-order valence-corrected chi connectivity index (χ2v) is 8.09. The summed E-state index contributed by atoms with van der Waals surface area (Å²) in [7, 11) is 0. The van der Waals surface area contributed by atoms with E-state index in [9.17, 15) is 14.4 Å². The lowest BCUT2D eigenvalue weighted by atomic mass is 10.0. The Hall–Kier alpha value is -4.03. The Labute approximate surface area is 200 Å². The van der Waals surface area contributed by atoms with E-state index in [1.165, 1.54) is 6.20 Å². The number of nitrogens with one attached hydrogen (secondary N) is 3. The highest BCUT2D eigenvalue weighted by Gasteiger charge is 2.20. The lowest BCUT2D eigenvalue weighted by Gasteiger charge is -2.19. The van der Waals surface area contributed by atoms with E-state index in [2.05, 4.69) is 25.6 Å². The number of carboxylic acid groups (broad SMARTS) is 1. The van der Waals surface area contributed by atoms with Crippen LogP contribution in [0.2, 0.25) is 0 Å². The van der Waals surface area contributed by atoms with Gasteiger partial charge in [-0.25, -0.2) is 14.8 Å².